The Labute approximate surface area is 168 Å². The maximum absolute atomic E-state index is 12.0. The van der Waals surface area contributed by atoms with Crippen molar-refractivity contribution in [1.29, 1.82) is 0 Å². The molecule has 0 aliphatic carbocycles. The molecule has 0 aromatic heterocycles. The van der Waals surface area contributed by atoms with Crippen LogP contribution >= 0.6 is 24.0 Å². The van der Waals surface area contributed by atoms with E-state index in [1.165, 1.54) is 25.8 Å². The first-order valence-corrected chi connectivity index (χ1v) is 10.2. The molecular weight excluding hydrogens is 435 g/mol. The molecule has 7 heteroatoms. The van der Waals surface area contributed by atoms with Crippen LogP contribution in [0.5, 0.6) is 0 Å². The third-order valence-electron chi connectivity index (χ3n) is 4.34. The molecule has 5 nitrogen and oxygen atoms in total. The quantitative estimate of drug-likeness (QED) is 0.259. The van der Waals surface area contributed by atoms with Crippen LogP contribution in [0, 0.1) is 0 Å². The van der Waals surface area contributed by atoms with E-state index in [1.807, 2.05) is 20.8 Å². The number of rotatable bonds is 7. The van der Waals surface area contributed by atoms with Gasteiger partial charge in [0.25, 0.3) is 0 Å². The second-order valence-electron chi connectivity index (χ2n) is 7.32. The zero-order valence-corrected chi connectivity index (χ0v) is 19.2. The summed E-state index contributed by atoms with van der Waals surface area (Å²) in [5.74, 6) is 1.46. The first kappa shape index (κ1) is 24.1. The third-order valence-corrected chi connectivity index (χ3v) is 6.28. The second kappa shape index (κ2) is 12.5. The molecule has 0 spiro atoms. The third kappa shape index (κ3) is 9.56. The molecule has 0 amide bonds. The van der Waals surface area contributed by atoms with Crippen molar-refractivity contribution in [2.75, 3.05) is 39.0 Å². The summed E-state index contributed by atoms with van der Waals surface area (Å²) in [7, 11) is 0.958. The molecule has 1 aliphatic heterocycles. The van der Waals surface area contributed by atoms with Gasteiger partial charge in [-0.3, -0.25) is 9.20 Å². The van der Waals surface area contributed by atoms with Gasteiger partial charge in [-0.05, 0) is 53.5 Å². The Kier molecular flexibility index (Phi) is 12.5. The monoisotopic (exact) mass is 472 g/mol. The first-order valence-electron chi connectivity index (χ1n) is 8.91. The molecule has 1 saturated heterocycles. The van der Waals surface area contributed by atoms with Gasteiger partial charge in [0.15, 0.2) is 5.96 Å². The van der Waals surface area contributed by atoms with E-state index in [0.29, 0.717) is 12.3 Å². The lowest BCUT2D eigenvalue weighted by Crippen LogP contribution is -2.42. The number of nitrogens with zero attached hydrogens (tertiary/aromatic N) is 2. The van der Waals surface area contributed by atoms with Crippen molar-refractivity contribution in [2.24, 2.45) is 4.99 Å². The molecule has 1 heterocycles. The average Bonchev–Trinajstić information content (AvgIpc) is 2.50. The largest absolute Gasteiger partial charge is 0.356 e. The predicted octanol–water partition coefficient (Wildman–Crippen LogP) is 2.58. The lowest BCUT2D eigenvalue weighted by Gasteiger charge is -2.33. The highest BCUT2D eigenvalue weighted by Gasteiger charge is 2.19. The van der Waals surface area contributed by atoms with Crippen LogP contribution in [-0.2, 0) is 10.8 Å². The van der Waals surface area contributed by atoms with E-state index in [9.17, 15) is 4.21 Å². The van der Waals surface area contributed by atoms with Gasteiger partial charge in [-0.25, -0.2) is 0 Å². The summed E-state index contributed by atoms with van der Waals surface area (Å²) in [6, 6.07) is 0.730. The summed E-state index contributed by atoms with van der Waals surface area (Å²) in [4.78, 5) is 6.82. The van der Waals surface area contributed by atoms with E-state index >= 15 is 0 Å². The first-order chi connectivity index (χ1) is 10.8. The molecule has 2 unspecified atom stereocenters. The number of halogens is 1. The second-order valence-corrected chi connectivity index (χ2v) is 9.65. The van der Waals surface area contributed by atoms with Crippen molar-refractivity contribution in [1.82, 2.24) is 15.5 Å². The zero-order valence-electron chi connectivity index (χ0n) is 16.1. The SMILES string of the molecule is CN=C(NCCCN1CCCCC1C)NCCS(=O)C(C)(C)C.I. The molecule has 0 bridgehead atoms. The number of piperidine rings is 1. The van der Waals surface area contributed by atoms with Gasteiger partial charge in [-0.1, -0.05) is 6.42 Å². The van der Waals surface area contributed by atoms with Crippen LogP contribution in [0.4, 0.5) is 0 Å². The molecule has 0 radical (unpaired) electrons. The Morgan fingerprint density at radius 3 is 2.50 bits per heavy atom. The van der Waals surface area contributed by atoms with Crippen LogP contribution in [0.25, 0.3) is 0 Å². The average molecular weight is 472 g/mol. The maximum Gasteiger partial charge on any atom is 0.191 e. The fourth-order valence-corrected chi connectivity index (χ4v) is 3.67. The molecule has 1 rings (SSSR count). The van der Waals surface area contributed by atoms with Gasteiger partial charge in [-0.15, -0.1) is 24.0 Å². The number of aliphatic imine (C=N–C) groups is 1. The van der Waals surface area contributed by atoms with Crippen molar-refractivity contribution in [3.63, 3.8) is 0 Å². The molecular formula is C17H37IN4OS. The summed E-state index contributed by atoms with van der Waals surface area (Å²) in [6.07, 6.45) is 5.18. The van der Waals surface area contributed by atoms with Crippen LogP contribution in [-0.4, -0.2) is 64.8 Å². The minimum Gasteiger partial charge on any atom is -0.356 e. The van der Waals surface area contributed by atoms with Gasteiger partial charge in [0.2, 0.25) is 0 Å². The smallest absolute Gasteiger partial charge is 0.191 e. The van der Waals surface area contributed by atoms with Gasteiger partial charge in [0.05, 0.1) is 0 Å². The molecule has 0 aromatic carbocycles. The fourth-order valence-electron chi connectivity index (χ4n) is 2.77. The number of hydrogen-bond acceptors (Lipinski definition) is 3. The van der Waals surface area contributed by atoms with E-state index in [4.69, 9.17) is 0 Å². The van der Waals surface area contributed by atoms with Crippen LogP contribution in [0.2, 0.25) is 0 Å². The number of hydrogen-bond donors (Lipinski definition) is 2. The lowest BCUT2D eigenvalue weighted by molar-refractivity contribution is 0.159. The Morgan fingerprint density at radius 1 is 1.25 bits per heavy atom. The van der Waals surface area contributed by atoms with Crippen molar-refractivity contribution >= 4 is 40.7 Å². The van der Waals surface area contributed by atoms with E-state index in [0.717, 1.165) is 31.5 Å². The number of nitrogens with one attached hydrogen (secondary N) is 2. The van der Waals surface area contributed by atoms with Gasteiger partial charge < -0.3 is 15.5 Å². The van der Waals surface area contributed by atoms with E-state index in [2.05, 4.69) is 27.4 Å². The molecule has 0 aromatic rings. The Morgan fingerprint density at radius 2 is 1.92 bits per heavy atom. The van der Waals surface area contributed by atoms with Gasteiger partial charge in [0, 0.05) is 54.0 Å². The van der Waals surface area contributed by atoms with Crippen molar-refractivity contribution in [2.45, 2.75) is 64.2 Å². The van der Waals surface area contributed by atoms with Gasteiger partial charge in [-0.2, -0.15) is 0 Å². The molecule has 0 saturated carbocycles. The molecule has 2 N–H and O–H groups in total. The minimum atomic E-state index is -0.822. The predicted molar refractivity (Wildman–Crippen MR) is 117 cm³/mol. The Balaban J connectivity index is 0.00000529. The zero-order chi connectivity index (χ0) is 17.3. The lowest BCUT2D eigenvalue weighted by atomic mass is 10.0. The van der Waals surface area contributed by atoms with Gasteiger partial charge in [0.1, 0.15) is 0 Å². The van der Waals surface area contributed by atoms with E-state index in [1.54, 1.807) is 7.05 Å². The molecule has 2 atom stereocenters. The molecule has 144 valence electrons. The molecule has 24 heavy (non-hydrogen) atoms. The minimum absolute atomic E-state index is 0. The van der Waals surface area contributed by atoms with Crippen LogP contribution < -0.4 is 10.6 Å². The van der Waals surface area contributed by atoms with Crippen molar-refractivity contribution in [3.05, 3.63) is 0 Å². The number of guanidine groups is 1. The van der Waals surface area contributed by atoms with Crippen LogP contribution in [0.3, 0.4) is 0 Å². The highest BCUT2D eigenvalue weighted by Crippen LogP contribution is 2.16. The highest BCUT2D eigenvalue weighted by molar-refractivity contribution is 14.0. The van der Waals surface area contributed by atoms with Crippen molar-refractivity contribution in [3.8, 4) is 0 Å². The number of likely N-dealkylation sites (tertiary alicyclic amines) is 1. The van der Waals surface area contributed by atoms with E-state index < -0.39 is 10.8 Å². The summed E-state index contributed by atoms with van der Waals surface area (Å²) >= 11 is 0. The van der Waals surface area contributed by atoms with Gasteiger partial charge >= 0.3 is 0 Å². The maximum atomic E-state index is 12.0. The Hall–Kier alpha value is 0.110. The summed E-state index contributed by atoms with van der Waals surface area (Å²) in [5.41, 5.74) is 0. The van der Waals surface area contributed by atoms with Crippen molar-refractivity contribution < 1.29 is 4.21 Å². The highest BCUT2D eigenvalue weighted by atomic mass is 127. The normalized spacial score (nSPS) is 21.0. The van der Waals surface area contributed by atoms with E-state index in [-0.39, 0.29) is 28.7 Å². The standard InChI is InChI=1S/C17H36N4OS.HI/c1-15-9-6-7-12-21(15)13-8-10-19-16(18-5)20-11-14-23(22)17(2,3)4;/h15H,6-14H2,1-5H3,(H2,18,19,20);1H. The fraction of sp³-hybridized carbons (Fsp3) is 0.941. The van der Waals surface area contributed by atoms with Crippen LogP contribution in [0.1, 0.15) is 53.4 Å². The van der Waals surface area contributed by atoms with Crippen LogP contribution in [0.15, 0.2) is 4.99 Å². The summed E-state index contributed by atoms with van der Waals surface area (Å²) < 4.78 is 11.9. The summed E-state index contributed by atoms with van der Waals surface area (Å²) in [6.45, 7) is 12.4. The Bertz CT molecular complexity index is 399. The topological polar surface area (TPSA) is 56.7 Å². The summed E-state index contributed by atoms with van der Waals surface area (Å²) in [5, 5.41) is 6.60. The molecule has 1 aliphatic rings. The molecule has 1 fully saturated rings.